The van der Waals surface area contributed by atoms with E-state index in [9.17, 15) is 10.1 Å². The fourth-order valence-corrected chi connectivity index (χ4v) is 3.13. The van der Waals surface area contributed by atoms with E-state index in [1.54, 1.807) is 18.5 Å². The highest BCUT2D eigenvalue weighted by atomic mass is 16.6. The van der Waals surface area contributed by atoms with Gasteiger partial charge in [0.1, 0.15) is 0 Å². The lowest BCUT2D eigenvalue weighted by Gasteiger charge is -2.22. The van der Waals surface area contributed by atoms with Crippen LogP contribution in [0.4, 0.5) is 11.4 Å². The third kappa shape index (κ3) is 2.96. The number of nitro benzene ring substituents is 1. The lowest BCUT2D eigenvalue weighted by atomic mass is 9.89. The number of nitrogens with one attached hydrogen (secondary N) is 1. The number of benzene rings is 1. The molecule has 0 unspecified atom stereocenters. The summed E-state index contributed by atoms with van der Waals surface area (Å²) < 4.78 is 0. The Kier molecular flexibility index (Phi) is 3.99. The smallest absolute Gasteiger partial charge is 0.278 e. The van der Waals surface area contributed by atoms with Gasteiger partial charge in [0, 0.05) is 36.1 Å². The Labute approximate surface area is 123 Å². The Hall–Kier alpha value is -2.17. The second-order valence-corrected chi connectivity index (χ2v) is 5.70. The second kappa shape index (κ2) is 6.08. The van der Waals surface area contributed by atoms with Gasteiger partial charge >= 0.3 is 0 Å². The third-order valence-electron chi connectivity index (χ3n) is 4.30. The molecule has 0 bridgehead atoms. The molecule has 1 aliphatic rings. The first-order chi connectivity index (χ1) is 10.3. The van der Waals surface area contributed by atoms with Gasteiger partial charge in [0.05, 0.1) is 10.3 Å². The summed E-state index contributed by atoms with van der Waals surface area (Å²) in [4.78, 5) is 14.8. The zero-order valence-electron chi connectivity index (χ0n) is 11.9. The molecule has 1 N–H and O–H groups in total. The van der Waals surface area contributed by atoms with Crippen LogP contribution in [0.5, 0.6) is 0 Å². The normalized spacial score (nSPS) is 16.0. The average molecular weight is 285 g/mol. The van der Waals surface area contributed by atoms with Crippen molar-refractivity contribution < 1.29 is 4.92 Å². The van der Waals surface area contributed by atoms with Crippen LogP contribution in [0.1, 0.15) is 32.1 Å². The molecule has 1 aromatic heterocycles. The molecule has 0 aliphatic heterocycles. The lowest BCUT2D eigenvalue weighted by Crippen LogP contribution is -2.17. The molecule has 0 atom stereocenters. The predicted molar refractivity (Wildman–Crippen MR) is 83.5 cm³/mol. The van der Waals surface area contributed by atoms with Crippen LogP contribution in [-0.2, 0) is 0 Å². The molecule has 3 rings (SSSR count). The Morgan fingerprint density at radius 2 is 2.00 bits per heavy atom. The second-order valence-electron chi connectivity index (χ2n) is 5.70. The molecule has 0 spiro atoms. The van der Waals surface area contributed by atoms with Crippen LogP contribution in [-0.4, -0.2) is 16.5 Å². The van der Waals surface area contributed by atoms with E-state index >= 15 is 0 Å². The molecular weight excluding hydrogens is 266 g/mol. The molecule has 1 heterocycles. The third-order valence-corrected chi connectivity index (χ3v) is 4.30. The molecule has 2 aromatic rings. The molecule has 0 amide bonds. The SMILES string of the molecule is O=[N+]([O-])c1ccc(NCC2CCCCC2)c2ccncc12. The van der Waals surface area contributed by atoms with Crippen LogP contribution < -0.4 is 5.32 Å². The summed E-state index contributed by atoms with van der Waals surface area (Å²) >= 11 is 0. The topological polar surface area (TPSA) is 68.1 Å². The maximum absolute atomic E-state index is 11.1. The maximum atomic E-state index is 11.1. The van der Waals surface area contributed by atoms with Gasteiger partial charge in [-0.1, -0.05) is 19.3 Å². The van der Waals surface area contributed by atoms with Crippen LogP contribution in [0.15, 0.2) is 30.6 Å². The summed E-state index contributed by atoms with van der Waals surface area (Å²) in [7, 11) is 0. The quantitative estimate of drug-likeness (QED) is 0.677. The fourth-order valence-electron chi connectivity index (χ4n) is 3.13. The number of pyridine rings is 1. The Morgan fingerprint density at radius 1 is 1.19 bits per heavy atom. The lowest BCUT2D eigenvalue weighted by molar-refractivity contribution is -0.383. The predicted octanol–water partition coefficient (Wildman–Crippen LogP) is 4.14. The minimum absolute atomic E-state index is 0.112. The molecular formula is C16H19N3O2. The van der Waals surface area contributed by atoms with Crippen molar-refractivity contribution in [2.24, 2.45) is 5.92 Å². The van der Waals surface area contributed by atoms with E-state index in [0.717, 1.165) is 17.6 Å². The molecule has 0 radical (unpaired) electrons. The number of nitrogens with zero attached hydrogens (tertiary/aromatic N) is 2. The van der Waals surface area contributed by atoms with Gasteiger partial charge in [-0.15, -0.1) is 0 Å². The summed E-state index contributed by atoms with van der Waals surface area (Å²) in [6.45, 7) is 0.940. The molecule has 1 aliphatic carbocycles. The summed E-state index contributed by atoms with van der Waals surface area (Å²) in [5.74, 6) is 0.714. The van der Waals surface area contributed by atoms with E-state index in [1.807, 2.05) is 12.1 Å². The fraction of sp³-hybridized carbons (Fsp3) is 0.438. The van der Waals surface area contributed by atoms with E-state index in [0.29, 0.717) is 11.3 Å². The van der Waals surface area contributed by atoms with Gasteiger partial charge in [0.25, 0.3) is 5.69 Å². The highest BCUT2D eigenvalue weighted by Crippen LogP contribution is 2.31. The van der Waals surface area contributed by atoms with E-state index in [-0.39, 0.29) is 10.6 Å². The zero-order chi connectivity index (χ0) is 14.7. The number of nitro groups is 1. The van der Waals surface area contributed by atoms with Crippen molar-refractivity contribution in [1.29, 1.82) is 0 Å². The van der Waals surface area contributed by atoms with E-state index in [4.69, 9.17) is 0 Å². The van der Waals surface area contributed by atoms with Crippen LogP contribution in [0.25, 0.3) is 10.8 Å². The highest BCUT2D eigenvalue weighted by Gasteiger charge is 2.16. The summed E-state index contributed by atoms with van der Waals surface area (Å²) in [6.07, 6.45) is 9.78. The van der Waals surface area contributed by atoms with Gasteiger partial charge in [0.2, 0.25) is 0 Å². The summed E-state index contributed by atoms with van der Waals surface area (Å²) in [5, 5.41) is 16.0. The molecule has 110 valence electrons. The maximum Gasteiger partial charge on any atom is 0.278 e. The highest BCUT2D eigenvalue weighted by molar-refractivity contribution is 5.99. The monoisotopic (exact) mass is 285 g/mol. The standard InChI is InChI=1S/C16H19N3O2/c20-19(21)16-7-6-15(13-8-9-17-11-14(13)16)18-10-12-4-2-1-3-5-12/h6-9,11-12,18H,1-5,10H2. The average Bonchev–Trinajstić information content (AvgIpc) is 2.53. The van der Waals surface area contributed by atoms with E-state index < -0.39 is 0 Å². The molecule has 21 heavy (non-hydrogen) atoms. The first-order valence-corrected chi connectivity index (χ1v) is 7.50. The van der Waals surface area contributed by atoms with Crippen LogP contribution in [0, 0.1) is 16.0 Å². The summed E-state index contributed by atoms with van der Waals surface area (Å²) in [6, 6.07) is 5.21. The Balaban J connectivity index is 1.85. The molecule has 0 saturated heterocycles. The zero-order valence-corrected chi connectivity index (χ0v) is 11.9. The van der Waals surface area contributed by atoms with Gasteiger partial charge in [0.15, 0.2) is 0 Å². The number of non-ortho nitro benzene ring substituents is 1. The van der Waals surface area contributed by atoms with Gasteiger partial charge in [-0.2, -0.15) is 0 Å². The van der Waals surface area contributed by atoms with Crippen molar-refractivity contribution in [3.05, 3.63) is 40.7 Å². The Morgan fingerprint density at radius 3 is 2.76 bits per heavy atom. The van der Waals surface area contributed by atoms with Crippen molar-refractivity contribution in [2.75, 3.05) is 11.9 Å². The molecule has 1 fully saturated rings. The number of anilines is 1. The summed E-state index contributed by atoms with van der Waals surface area (Å²) in [5.41, 5.74) is 1.07. The Bertz CT molecular complexity index is 651. The molecule has 1 aromatic carbocycles. The largest absolute Gasteiger partial charge is 0.384 e. The van der Waals surface area contributed by atoms with Crippen molar-refractivity contribution >= 4 is 22.1 Å². The molecule has 5 nitrogen and oxygen atoms in total. The van der Waals surface area contributed by atoms with Crippen LogP contribution >= 0.6 is 0 Å². The van der Waals surface area contributed by atoms with Crippen LogP contribution in [0.3, 0.4) is 0 Å². The number of hydrogen-bond donors (Lipinski definition) is 1. The molecule has 1 saturated carbocycles. The first kappa shape index (κ1) is 13.8. The van der Waals surface area contributed by atoms with Gasteiger partial charge < -0.3 is 5.32 Å². The van der Waals surface area contributed by atoms with Gasteiger partial charge in [-0.25, -0.2) is 0 Å². The van der Waals surface area contributed by atoms with Crippen molar-refractivity contribution in [3.8, 4) is 0 Å². The first-order valence-electron chi connectivity index (χ1n) is 7.50. The van der Waals surface area contributed by atoms with Crippen molar-refractivity contribution in [3.63, 3.8) is 0 Å². The van der Waals surface area contributed by atoms with Crippen LogP contribution in [0.2, 0.25) is 0 Å². The van der Waals surface area contributed by atoms with Gasteiger partial charge in [-0.05, 0) is 30.9 Å². The minimum Gasteiger partial charge on any atom is -0.384 e. The van der Waals surface area contributed by atoms with Gasteiger partial charge in [-0.3, -0.25) is 15.1 Å². The number of fused-ring (bicyclic) bond motifs is 1. The number of aromatic nitrogens is 1. The number of rotatable bonds is 4. The number of hydrogen-bond acceptors (Lipinski definition) is 4. The van der Waals surface area contributed by atoms with E-state index in [1.165, 1.54) is 32.1 Å². The molecule has 5 heteroatoms. The van der Waals surface area contributed by atoms with E-state index in [2.05, 4.69) is 10.3 Å². The van der Waals surface area contributed by atoms with Crippen molar-refractivity contribution in [2.45, 2.75) is 32.1 Å². The minimum atomic E-state index is -0.352. The van der Waals surface area contributed by atoms with Crippen molar-refractivity contribution in [1.82, 2.24) is 4.98 Å².